The zero-order valence-electron chi connectivity index (χ0n) is 10.7. The molecule has 1 aromatic rings. The number of hydrogen-bond donors (Lipinski definition) is 1. The van der Waals surface area contributed by atoms with Crippen molar-refractivity contribution < 1.29 is 0 Å². The fraction of sp³-hybridized carbons (Fsp3) is 0.750. The molecule has 1 heterocycles. The van der Waals surface area contributed by atoms with Gasteiger partial charge >= 0.3 is 0 Å². The van der Waals surface area contributed by atoms with Gasteiger partial charge in [0.2, 0.25) is 0 Å². The van der Waals surface area contributed by atoms with Crippen molar-refractivity contribution in [3.63, 3.8) is 0 Å². The van der Waals surface area contributed by atoms with E-state index >= 15 is 0 Å². The highest BCUT2D eigenvalue weighted by Gasteiger charge is 2.06. The third kappa shape index (κ3) is 4.85. The highest BCUT2D eigenvalue weighted by Crippen LogP contribution is 2.17. The largest absolute Gasteiger partial charge is 0.309 e. The molecule has 0 aliphatic rings. The number of thiazole rings is 1. The zero-order chi connectivity index (χ0) is 12.0. The van der Waals surface area contributed by atoms with E-state index in [9.17, 15) is 0 Å². The summed E-state index contributed by atoms with van der Waals surface area (Å²) in [5.41, 5.74) is 1.19. The summed E-state index contributed by atoms with van der Waals surface area (Å²) in [5.74, 6) is 2.48. The first-order valence-corrected chi connectivity index (χ1v) is 7.84. The lowest BCUT2D eigenvalue weighted by Crippen LogP contribution is -2.25. The average molecular weight is 258 g/mol. The van der Waals surface area contributed by atoms with Crippen LogP contribution < -0.4 is 5.32 Å². The van der Waals surface area contributed by atoms with Crippen LogP contribution in [0.15, 0.2) is 0 Å². The molecule has 0 aliphatic heterocycles. The molecule has 1 aromatic heterocycles. The number of aromatic nitrogens is 1. The fourth-order valence-electron chi connectivity index (χ4n) is 1.51. The first-order chi connectivity index (χ1) is 7.63. The predicted molar refractivity (Wildman–Crippen MR) is 75.5 cm³/mol. The van der Waals surface area contributed by atoms with Crippen LogP contribution in [0.2, 0.25) is 0 Å². The van der Waals surface area contributed by atoms with E-state index in [0.717, 1.165) is 6.54 Å². The van der Waals surface area contributed by atoms with Gasteiger partial charge in [0.1, 0.15) is 0 Å². The highest BCUT2D eigenvalue weighted by atomic mass is 32.2. The van der Waals surface area contributed by atoms with Gasteiger partial charge in [-0.15, -0.1) is 11.3 Å². The Morgan fingerprint density at radius 2 is 2.19 bits per heavy atom. The summed E-state index contributed by atoms with van der Waals surface area (Å²) in [4.78, 5) is 5.82. The van der Waals surface area contributed by atoms with Crippen LogP contribution in [0.5, 0.6) is 0 Å². The summed E-state index contributed by atoms with van der Waals surface area (Å²) in [6.07, 6.45) is 1.25. The third-order valence-corrected chi connectivity index (χ3v) is 4.52. The van der Waals surface area contributed by atoms with Crippen LogP contribution in [-0.4, -0.2) is 22.5 Å². The maximum absolute atomic E-state index is 4.44. The van der Waals surface area contributed by atoms with Gasteiger partial charge < -0.3 is 5.32 Å². The van der Waals surface area contributed by atoms with Crippen molar-refractivity contribution >= 4 is 23.1 Å². The van der Waals surface area contributed by atoms with Crippen LogP contribution in [-0.2, 0) is 6.54 Å². The van der Waals surface area contributed by atoms with Crippen LogP contribution in [0.3, 0.4) is 0 Å². The van der Waals surface area contributed by atoms with E-state index in [2.05, 4.69) is 38.0 Å². The van der Waals surface area contributed by atoms with Crippen LogP contribution >= 0.6 is 23.1 Å². The van der Waals surface area contributed by atoms with Crippen molar-refractivity contribution in [2.45, 2.75) is 46.7 Å². The van der Waals surface area contributed by atoms with E-state index in [1.54, 1.807) is 11.3 Å². The van der Waals surface area contributed by atoms with Crippen molar-refractivity contribution in [1.82, 2.24) is 10.3 Å². The number of thioether (sulfide) groups is 1. The maximum Gasteiger partial charge on any atom is 0.0900 e. The molecule has 1 N–H and O–H groups in total. The molecule has 0 amide bonds. The number of rotatable bonds is 7. The van der Waals surface area contributed by atoms with Crippen molar-refractivity contribution in [2.24, 2.45) is 0 Å². The number of nitrogens with zero attached hydrogens (tertiary/aromatic N) is 1. The second-order valence-electron chi connectivity index (χ2n) is 4.01. The van der Waals surface area contributed by atoms with Crippen molar-refractivity contribution in [1.29, 1.82) is 0 Å². The number of aryl methyl sites for hydroxylation is 2. The standard InChI is InChI=1S/C12H22N2S2/c1-5-15-7-6-9(2)13-8-12-10(3)14-11(4)16-12/h9,13H,5-8H2,1-4H3. The fourth-order valence-corrected chi connectivity index (χ4v) is 3.21. The molecule has 0 bridgehead atoms. The lowest BCUT2D eigenvalue weighted by atomic mass is 10.2. The summed E-state index contributed by atoms with van der Waals surface area (Å²) in [6, 6.07) is 0.598. The van der Waals surface area contributed by atoms with E-state index in [-0.39, 0.29) is 0 Å². The summed E-state index contributed by atoms with van der Waals surface area (Å²) < 4.78 is 0. The van der Waals surface area contributed by atoms with Gasteiger partial charge in [0, 0.05) is 17.5 Å². The minimum atomic E-state index is 0.598. The van der Waals surface area contributed by atoms with Gasteiger partial charge in [-0.2, -0.15) is 11.8 Å². The van der Waals surface area contributed by atoms with E-state index in [1.165, 1.54) is 33.5 Å². The van der Waals surface area contributed by atoms with Gasteiger partial charge in [-0.25, -0.2) is 4.98 Å². The smallest absolute Gasteiger partial charge is 0.0900 e. The van der Waals surface area contributed by atoms with Crippen LogP contribution in [0.1, 0.15) is 35.8 Å². The van der Waals surface area contributed by atoms with Gasteiger partial charge in [-0.3, -0.25) is 0 Å². The third-order valence-electron chi connectivity index (χ3n) is 2.51. The molecule has 2 nitrogen and oxygen atoms in total. The molecular formula is C12H22N2S2. The summed E-state index contributed by atoms with van der Waals surface area (Å²) >= 11 is 3.82. The van der Waals surface area contributed by atoms with E-state index in [1.807, 2.05) is 11.8 Å². The molecule has 0 saturated heterocycles. The first-order valence-electron chi connectivity index (χ1n) is 5.87. The lowest BCUT2D eigenvalue weighted by Gasteiger charge is -2.12. The lowest BCUT2D eigenvalue weighted by molar-refractivity contribution is 0.539. The van der Waals surface area contributed by atoms with E-state index in [0.29, 0.717) is 6.04 Å². The summed E-state index contributed by atoms with van der Waals surface area (Å²) in [5, 5.41) is 4.74. The number of hydrogen-bond acceptors (Lipinski definition) is 4. The Morgan fingerprint density at radius 1 is 1.44 bits per heavy atom. The molecule has 1 atom stereocenters. The highest BCUT2D eigenvalue weighted by molar-refractivity contribution is 7.99. The minimum absolute atomic E-state index is 0.598. The Labute approximate surface area is 107 Å². The molecule has 1 rings (SSSR count). The molecule has 0 spiro atoms. The average Bonchev–Trinajstić information content (AvgIpc) is 2.55. The van der Waals surface area contributed by atoms with Crippen LogP contribution in [0.4, 0.5) is 0 Å². The maximum atomic E-state index is 4.44. The van der Waals surface area contributed by atoms with Crippen molar-refractivity contribution in [3.8, 4) is 0 Å². The molecule has 0 aromatic carbocycles. The van der Waals surface area contributed by atoms with Crippen LogP contribution in [0, 0.1) is 13.8 Å². The second-order valence-corrected chi connectivity index (χ2v) is 6.69. The zero-order valence-corrected chi connectivity index (χ0v) is 12.3. The summed E-state index contributed by atoms with van der Waals surface area (Å²) in [6.45, 7) is 9.61. The Bertz CT molecular complexity index is 310. The van der Waals surface area contributed by atoms with E-state index in [4.69, 9.17) is 0 Å². The molecule has 1 unspecified atom stereocenters. The van der Waals surface area contributed by atoms with Gasteiger partial charge in [-0.1, -0.05) is 6.92 Å². The normalized spacial score (nSPS) is 13.0. The summed E-state index contributed by atoms with van der Waals surface area (Å²) in [7, 11) is 0. The van der Waals surface area contributed by atoms with E-state index < -0.39 is 0 Å². The SMILES string of the molecule is CCSCCC(C)NCc1sc(C)nc1C. The molecule has 4 heteroatoms. The molecule has 92 valence electrons. The van der Waals surface area contributed by atoms with Crippen molar-refractivity contribution in [2.75, 3.05) is 11.5 Å². The minimum Gasteiger partial charge on any atom is -0.309 e. The molecular weight excluding hydrogens is 236 g/mol. The van der Waals surface area contributed by atoms with Gasteiger partial charge in [-0.05, 0) is 38.7 Å². The van der Waals surface area contributed by atoms with Crippen molar-refractivity contribution in [3.05, 3.63) is 15.6 Å². The quantitative estimate of drug-likeness (QED) is 0.759. The molecule has 0 fully saturated rings. The number of nitrogens with one attached hydrogen (secondary N) is 1. The van der Waals surface area contributed by atoms with Gasteiger partial charge in [0.05, 0.1) is 10.7 Å². The Balaban J connectivity index is 2.26. The van der Waals surface area contributed by atoms with Gasteiger partial charge in [0.15, 0.2) is 0 Å². The molecule has 0 aliphatic carbocycles. The Hall–Kier alpha value is -0.0600. The van der Waals surface area contributed by atoms with Crippen LogP contribution in [0.25, 0.3) is 0 Å². The molecule has 0 radical (unpaired) electrons. The predicted octanol–water partition coefficient (Wildman–Crippen LogP) is 3.38. The monoisotopic (exact) mass is 258 g/mol. The second kappa shape index (κ2) is 7.30. The Kier molecular flexibility index (Phi) is 6.39. The first kappa shape index (κ1) is 14.0. The topological polar surface area (TPSA) is 24.9 Å². The molecule has 0 saturated carbocycles. The Morgan fingerprint density at radius 3 is 2.75 bits per heavy atom. The van der Waals surface area contributed by atoms with Gasteiger partial charge in [0.25, 0.3) is 0 Å². The molecule has 16 heavy (non-hydrogen) atoms.